The van der Waals surface area contributed by atoms with Gasteiger partial charge in [-0.05, 0) is 37.8 Å². The van der Waals surface area contributed by atoms with Crippen LogP contribution < -0.4 is 10.5 Å². The molecule has 0 saturated heterocycles. The average molecular weight is 240 g/mol. The Balaban J connectivity index is 2.64. The zero-order valence-corrected chi connectivity index (χ0v) is 10.8. The van der Waals surface area contributed by atoms with Crippen LogP contribution in [0.5, 0.6) is 5.75 Å². The number of nitrogens with two attached hydrogens (primary N) is 1. The molecule has 0 radical (unpaired) electrons. The smallest absolute Gasteiger partial charge is 0.141 e. The summed E-state index contributed by atoms with van der Waals surface area (Å²) in [6, 6.07) is 2.12. The molecule has 1 aliphatic rings. The summed E-state index contributed by atoms with van der Waals surface area (Å²) in [5.74, 6) is 0.821. The molecule has 1 aromatic carbocycles. The van der Waals surface area contributed by atoms with Crippen LogP contribution in [0.15, 0.2) is 6.07 Å². The molecule has 1 aliphatic carbocycles. The number of benzene rings is 1. The van der Waals surface area contributed by atoms with Gasteiger partial charge in [0.2, 0.25) is 0 Å². The number of rotatable bonds is 3. The molecule has 16 heavy (non-hydrogen) atoms. The average Bonchev–Trinajstić information content (AvgIpc) is 3.03. The third-order valence-electron chi connectivity index (χ3n) is 3.58. The Labute approximate surface area is 102 Å². The van der Waals surface area contributed by atoms with Crippen molar-refractivity contribution in [2.45, 2.75) is 32.1 Å². The number of methoxy groups -OCH3 is 1. The lowest BCUT2D eigenvalue weighted by atomic mass is 9.89. The van der Waals surface area contributed by atoms with Gasteiger partial charge < -0.3 is 10.5 Å². The van der Waals surface area contributed by atoms with Gasteiger partial charge in [-0.15, -0.1) is 0 Å². The van der Waals surface area contributed by atoms with E-state index in [9.17, 15) is 0 Å². The highest BCUT2D eigenvalue weighted by atomic mass is 35.5. The summed E-state index contributed by atoms with van der Waals surface area (Å²) < 4.78 is 5.48. The normalized spacial score (nSPS) is 17.3. The Kier molecular flexibility index (Phi) is 2.89. The first-order valence-corrected chi connectivity index (χ1v) is 5.98. The van der Waals surface area contributed by atoms with E-state index in [0.717, 1.165) is 29.2 Å². The molecule has 3 heteroatoms. The van der Waals surface area contributed by atoms with E-state index in [-0.39, 0.29) is 5.41 Å². The molecule has 0 unspecified atom stereocenters. The quantitative estimate of drug-likeness (QED) is 0.880. The van der Waals surface area contributed by atoms with Crippen molar-refractivity contribution >= 4 is 11.6 Å². The highest BCUT2D eigenvalue weighted by molar-refractivity contribution is 6.33. The van der Waals surface area contributed by atoms with Crippen molar-refractivity contribution in [1.29, 1.82) is 0 Å². The van der Waals surface area contributed by atoms with Crippen LogP contribution in [-0.4, -0.2) is 13.7 Å². The van der Waals surface area contributed by atoms with Crippen molar-refractivity contribution < 1.29 is 4.74 Å². The maximum Gasteiger partial charge on any atom is 0.141 e. The molecule has 88 valence electrons. The first kappa shape index (κ1) is 11.7. The summed E-state index contributed by atoms with van der Waals surface area (Å²) in [6.45, 7) is 4.78. The summed E-state index contributed by atoms with van der Waals surface area (Å²) in [6.07, 6.45) is 2.28. The van der Waals surface area contributed by atoms with Crippen molar-refractivity contribution in [3.63, 3.8) is 0 Å². The Hall–Kier alpha value is -0.730. The molecular weight excluding hydrogens is 222 g/mol. The zero-order chi connectivity index (χ0) is 11.9. The summed E-state index contributed by atoms with van der Waals surface area (Å²) in [7, 11) is 1.68. The molecule has 0 atom stereocenters. The molecule has 0 aliphatic heterocycles. The molecule has 0 amide bonds. The van der Waals surface area contributed by atoms with Gasteiger partial charge in [0.05, 0.1) is 12.1 Å². The maximum atomic E-state index is 6.30. The zero-order valence-electron chi connectivity index (χ0n) is 10.1. The van der Waals surface area contributed by atoms with Crippen molar-refractivity contribution in [3.8, 4) is 5.75 Å². The van der Waals surface area contributed by atoms with Crippen LogP contribution in [0, 0.1) is 13.8 Å². The molecule has 0 aromatic heterocycles. The molecule has 1 saturated carbocycles. The summed E-state index contributed by atoms with van der Waals surface area (Å²) in [4.78, 5) is 0. The second-order valence-corrected chi connectivity index (χ2v) is 5.10. The van der Waals surface area contributed by atoms with Gasteiger partial charge in [0.25, 0.3) is 0 Å². The lowest BCUT2D eigenvalue weighted by molar-refractivity contribution is 0.403. The predicted molar refractivity (Wildman–Crippen MR) is 67.4 cm³/mol. The Morgan fingerprint density at radius 1 is 1.38 bits per heavy atom. The van der Waals surface area contributed by atoms with Crippen LogP contribution >= 0.6 is 11.6 Å². The Morgan fingerprint density at radius 3 is 2.44 bits per heavy atom. The number of ether oxygens (including phenoxy) is 1. The number of hydrogen-bond donors (Lipinski definition) is 1. The monoisotopic (exact) mass is 239 g/mol. The Morgan fingerprint density at radius 2 is 2.00 bits per heavy atom. The molecule has 2 N–H and O–H groups in total. The minimum Gasteiger partial charge on any atom is -0.495 e. The van der Waals surface area contributed by atoms with Gasteiger partial charge in [-0.2, -0.15) is 0 Å². The van der Waals surface area contributed by atoms with Crippen LogP contribution in [0.25, 0.3) is 0 Å². The standard InChI is InChI=1S/C13H18ClNO/c1-8-6-9(2)11(14)12(16-3)10(8)13(7-15)4-5-13/h6H,4-5,7,15H2,1-3H3. The van der Waals surface area contributed by atoms with Gasteiger partial charge in [-0.1, -0.05) is 17.7 Å². The van der Waals surface area contributed by atoms with E-state index in [0.29, 0.717) is 6.54 Å². The SMILES string of the molecule is COc1c(Cl)c(C)cc(C)c1C1(CN)CC1. The summed E-state index contributed by atoms with van der Waals surface area (Å²) in [5.41, 5.74) is 9.52. The van der Waals surface area contributed by atoms with E-state index in [2.05, 4.69) is 13.0 Å². The minimum absolute atomic E-state index is 0.118. The van der Waals surface area contributed by atoms with Gasteiger partial charge >= 0.3 is 0 Å². The second-order valence-electron chi connectivity index (χ2n) is 4.72. The van der Waals surface area contributed by atoms with E-state index >= 15 is 0 Å². The Bertz CT molecular complexity index is 424. The van der Waals surface area contributed by atoms with E-state index < -0.39 is 0 Å². The van der Waals surface area contributed by atoms with E-state index in [1.54, 1.807) is 7.11 Å². The molecule has 1 fully saturated rings. The molecule has 0 bridgehead atoms. The van der Waals surface area contributed by atoms with Gasteiger partial charge in [0, 0.05) is 17.5 Å². The second kappa shape index (κ2) is 3.94. The fraction of sp³-hybridized carbons (Fsp3) is 0.538. The van der Waals surface area contributed by atoms with Crippen LogP contribution in [-0.2, 0) is 5.41 Å². The predicted octanol–water partition coefficient (Wildman–Crippen LogP) is 2.96. The van der Waals surface area contributed by atoms with Crippen LogP contribution in [0.1, 0.15) is 29.5 Å². The van der Waals surface area contributed by atoms with Gasteiger partial charge in [-0.25, -0.2) is 0 Å². The van der Waals surface area contributed by atoms with Gasteiger partial charge in [0.15, 0.2) is 0 Å². The third kappa shape index (κ3) is 1.61. The fourth-order valence-corrected chi connectivity index (χ4v) is 2.71. The lowest BCUT2D eigenvalue weighted by Gasteiger charge is -2.21. The molecule has 0 heterocycles. The van der Waals surface area contributed by atoms with E-state index in [4.69, 9.17) is 22.1 Å². The molecule has 0 spiro atoms. The van der Waals surface area contributed by atoms with Gasteiger partial charge in [0.1, 0.15) is 5.75 Å². The largest absolute Gasteiger partial charge is 0.495 e. The first-order chi connectivity index (χ1) is 7.55. The van der Waals surface area contributed by atoms with Crippen LogP contribution in [0.4, 0.5) is 0 Å². The summed E-state index contributed by atoms with van der Waals surface area (Å²) in [5, 5.41) is 0.725. The molecular formula is C13H18ClNO. The molecule has 1 aromatic rings. The third-order valence-corrected chi connectivity index (χ3v) is 4.05. The number of halogens is 1. The van der Waals surface area contributed by atoms with Crippen LogP contribution in [0.2, 0.25) is 5.02 Å². The fourth-order valence-electron chi connectivity index (χ4n) is 2.49. The van der Waals surface area contributed by atoms with Crippen molar-refractivity contribution in [1.82, 2.24) is 0 Å². The van der Waals surface area contributed by atoms with E-state index in [1.807, 2.05) is 6.92 Å². The maximum absolute atomic E-state index is 6.30. The molecule has 2 rings (SSSR count). The van der Waals surface area contributed by atoms with Crippen LogP contribution in [0.3, 0.4) is 0 Å². The highest BCUT2D eigenvalue weighted by Gasteiger charge is 2.46. The van der Waals surface area contributed by atoms with Gasteiger partial charge in [-0.3, -0.25) is 0 Å². The summed E-state index contributed by atoms with van der Waals surface area (Å²) >= 11 is 6.30. The molecule has 2 nitrogen and oxygen atoms in total. The van der Waals surface area contributed by atoms with Crippen molar-refractivity contribution in [2.75, 3.05) is 13.7 Å². The van der Waals surface area contributed by atoms with E-state index in [1.165, 1.54) is 11.1 Å². The first-order valence-electron chi connectivity index (χ1n) is 5.60. The number of hydrogen-bond acceptors (Lipinski definition) is 2. The van der Waals surface area contributed by atoms with Crippen molar-refractivity contribution in [3.05, 3.63) is 27.8 Å². The lowest BCUT2D eigenvalue weighted by Crippen LogP contribution is -2.22. The highest BCUT2D eigenvalue weighted by Crippen LogP contribution is 2.53. The topological polar surface area (TPSA) is 35.2 Å². The number of aryl methyl sites for hydroxylation is 2. The minimum atomic E-state index is 0.118. The van der Waals surface area contributed by atoms with Crippen molar-refractivity contribution in [2.24, 2.45) is 5.73 Å².